The average Bonchev–Trinajstić information content (AvgIpc) is 2.73. The Kier molecular flexibility index (Phi) is 4.39. The van der Waals surface area contributed by atoms with Crippen molar-refractivity contribution in [3.8, 4) is 0 Å². The predicted molar refractivity (Wildman–Crippen MR) is 65.4 cm³/mol. The lowest BCUT2D eigenvalue weighted by atomic mass is 10.2. The molecular formula is C11H14F2N2O2S. The van der Waals surface area contributed by atoms with Gasteiger partial charge in [-0.15, -0.1) is 0 Å². The highest BCUT2D eigenvalue weighted by Crippen LogP contribution is 2.22. The first-order chi connectivity index (χ1) is 8.39. The summed E-state index contributed by atoms with van der Waals surface area (Å²) in [6.45, 7) is 1.27. The Morgan fingerprint density at radius 1 is 1.28 bits per heavy atom. The number of nitrogens with zero attached hydrogens (tertiary/aromatic N) is 2. The third-order valence-corrected chi connectivity index (χ3v) is 3.29. The van der Waals surface area contributed by atoms with Crippen molar-refractivity contribution in [2.75, 3.05) is 6.26 Å². The SMILES string of the molecule is CC.CS(=O)(=O)c1ccc2c(cnn2C(F)F)c1. The highest BCUT2D eigenvalue weighted by Gasteiger charge is 2.13. The second kappa shape index (κ2) is 5.43. The molecule has 100 valence electrons. The van der Waals surface area contributed by atoms with Crippen LogP contribution in [0.1, 0.15) is 20.4 Å². The minimum absolute atomic E-state index is 0.0915. The van der Waals surface area contributed by atoms with E-state index >= 15 is 0 Å². The molecule has 2 aromatic rings. The Morgan fingerprint density at radius 2 is 1.89 bits per heavy atom. The fourth-order valence-electron chi connectivity index (χ4n) is 1.42. The Morgan fingerprint density at radius 3 is 2.39 bits per heavy atom. The van der Waals surface area contributed by atoms with Gasteiger partial charge in [0.1, 0.15) is 0 Å². The molecule has 0 aliphatic carbocycles. The van der Waals surface area contributed by atoms with Crippen molar-refractivity contribution in [3.05, 3.63) is 24.4 Å². The molecule has 0 atom stereocenters. The van der Waals surface area contributed by atoms with E-state index in [2.05, 4.69) is 5.10 Å². The molecule has 0 N–H and O–H groups in total. The first-order valence-electron chi connectivity index (χ1n) is 5.35. The number of hydrogen-bond acceptors (Lipinski definition) is 3. The van der Waals surface area contributed by atoms with Crippen LogP contribution in [0.25, 0.3) is 10.9 Å². The molecule has 0 aliphatic heterocycles. The maximum atomic E-state index is 12.4. The van der Waals surface area contributed by atoms with Gasteiger partial charge in [-0.3, -0.25) is 0 Å². The maximum Gasteiger partial charge on any atom is 0.333 e. The van der Waals surface area contributed by atoms with Crippen molar-refractivity contribution in [1.82, 2.24) is 9.78 Å². The van der Waals surface area contributed by atoms with E-state index in [4.69, 9.17) is 0 Å². The van der Waals surface area contributed by atoms with E-state index < -0.39 is 16.4 Å². The van der Waals surface area contributed by atoms with E-state index in [1.165, 1.54) is 24.4 Å². The predicted octanol–water partition coefficient (Wildman–Crippen LogP) is 2.86. The van der Waals surface area contributed by atoms with Gasteiger partial charge in [0.2, 0.25) is 0 Å². The third kappa shape index (κ3) is 2.84. The van der Waals surface area contributed by atoms with Gasteiger partial charge in [0, 0.05) is 11.6 Å². The molecule has 0 saturated carbocycles. The number of sulfone groups is 1. The van der Waals surface area contributed by atoms with Gasteiger partial charge < -0.3 is 0 Å². The van der Waals surface area contributed by atoms with Crippen molar-refractivity contribution < 1.29 is 17.2 Å². The minimum Gasteiger partial charge on any atom is -0.224 e. The van der Waals surface area contributed by atoms with Gasteiger partial charge in [-0.2, -0.15) is 13.9 Å². The van der Waals surface area contributed by atoms with Gasteiger partial charge in [-0.25, -0.2) is 13.1 Å². The van der Waals surface area contributed by atoms with Gasteiger partial charge in [-0.1, -0.05) is 13.8 Å². The number of halogens is 2. The summed E-state index contributed by atoms with van der Waals surface area (Å²) in [6, 6.07) is 3.94. The molecular weight excluding hydrogens is 262 g/mol. The molecule has 4 nitrogen and oxygen atoms in total. The van der Waals surface area contributed by atoms with E-state index in [1.807, 2.05) is 13.8 Å². The Bertz CT molecular complexity index is 636. The Balaban J connectivity index is 0.000000771. The summed E-state index contributed by atoms with van der Waals surface area (Å²) in [7, 11) is -3.33. The molecule has 0 spiro atoms. The fraction of sp³-hybridized carbons (Fsp3) is 0.364. The van der Waals surface area contributed by atoms with Gasteiger partial charge in [0.05, 0.1) is 16.6 Å². The monoisotopic (exact) mass is 276 g/mol. The number of aromatic nitrogens is 2. The van der Waals surface area contributed by atoms with Crippen molar-refractivity contribution in [3.63, 3.8) is 0 Å². The summed E-state index contributed by atoms with van der Waals surface area (Å²) in [5, 5.41) is 3.87. The molecule has 1 aromatic heterocycles. The number of alkyl halides is 2. The number of fused-ring (bicyclic) bond motifs is 1. The molecule has 0 aliphatic rings. The van der Waals surface area contributed by atoms with Crippen molar-refractivity contribution in [2.45, 2.75) is 25.3 Å². The summed E-state index contributed by atoms with van der Waals surface area (Å²) in [5.41, 5.74) is 0.211. The second-order valence-electron chi connectivity index (χ2n) is 3.36. The molecule has 0 amide bonds. The zero-order valence-electron chi connectivity index (χ0n) is 10.3. The van der Waals surface area contributed by atoms with Crippen molar-refractivity contribution in [2.24, 2.45) is 0 Å². The zero-order chi connectivity index (χ0) is 13.9. The Hall–Kier alpha value is -1.50. The van der Waals surface area contributed by atoms with Crippen LogP contribution >= 0.6 is 0 Å². The van der Waals surface area contributed by atoms with Gasteiger partial charge in [0.15, 0.2) is 9.84 Å². The second-order valence-corrected chi connectivity index (χ2v) is 5.38. The lowest BCUT2D eigenvalue weighted by Gasteiger charge is -2.01. The van der Waals surface area contributed by atoms with E-state index in [1.54, 1.807) is 0 Å². The Labute approximate surface area is 104 Å². The van der Waals surface area contributed by atoms with Crippen LogP contribution in [-0.4, -0.2) is 24.5 Å². The molecule has 0 fully saturated rings. The first kappa shape index (κ1) is 14.6. The summed E-state index contributed by atoms with van der Waals surface area (Å²) in [4.78, 5) is 0.0915. The molecule has 7 heteroatoms. The molecule has 0 saturated heterocycles. The highest BCUT2D eigenvalue weighted by molar-refractivity contribution is 7.90. The van der Waals surface area contributed by atoms with E-state index in [0.717, 1.165) is 6.26 Å². The lowest BCUT2D eigenvalue weighted by molar-refractivity contribution is 0.0615. The van der Waals surface area contributed by atoms with Crippen LogP contribution in [0, 0.1) is 0 Å². The van der Waals surface area contributed by atoms with E-state index in [0.29, 0.717) is 10.1 Å². The quantitative estimate of drug-likeness (QED) is 0.847. The summed E-state index contributed by atoms with van der Waals surface area (Å²) < 4.78 is 47.9. The smallest absolute Gasteiger partial charge is 0.224 e. The topological polar surface area (TPSA) is 52.0 Å². The van der Waals surface area contributed by atoms with Crippen LogP contribution in [0.5, 0.6) is 0 Å². The summed E-state index contributed by atoms with van der Waals surface area (Å²) in [6.07, 6.45) is 2.28. The third-order valence-electron chi connectivity index (χ3n) is 2.18. The normalized spacial score (nSPS) is 11.4. The lowest BCUT2D eigenvalue weighted by Crippen LogP contribution is -2.00. The molecule has 0 bridgehead atoms. The molecule has 0 radical (unpaired) electrons. The molecule has 0 unspecified atom stereocenters. The van der Waals surface area contributed by atoms with Crippen LogP contribution < -0.4 is 0 Å². The van der Waals surface area contributed by atoms with Gasteiger partial charge in [0.25, 0.3) is 0 Å². The van der Waals surface area contributed by atoms with Crippen molar-refractivity contribution in [1.29, 1.82) is 0 Å². The van der Waals surface area contributed by atoms with Crippen LogP contribution in [0.4, 0.5) is 8.78 Å². The van der Waals surface area contributed by atoms with E-state index in [9.17, 15) is 17.2 Å². The fourth-order valence-corrected chi connectivity index (χ4v) is 2.07. The van der Waals surface area contributed by atoms with Crippen molar-refractivity contribution >= 4 is 20.7 Å². The van der Waals surface area contributed by atoms with Gasteiger partial charge in [-0.05, 0) is 18.2 Å². The molecule has 2 rings (SSSR count). The van der Waals surface area contributed by atoms with Crippen LogP contribution in [0.15, 0.2) is 29.3 Å². The minimum atomic E-state index is -3.33. The summed E-state index contributed by atoms with van der Waals surface area (Å²) >= 11 is 0. The average molecular weight is 276 g/mol. The van der Waals surface area contributed by atoms with E-state index in [-0.39, 0.29) is 10.4 Å². The highest BCUT2D eigenvalue weighted by atomic mass is 32.2. The molecule has 1 aromatic carbocycles. The standard InChI is InChI=1S/C9H8F2N2O2S.C2H6/c1-16(14,15)7-2-3-8-6(4-7)5-12-13(8)9(10)11;1-2/h2-5,9H,1H3;1-2H3. The zero-order valence-corrected chi connectivity index (χ0v) is 11.1. The van der Waals surface area contributed by atoms with Gasteiger partial charge >= 0.3 is 6.55 Å². The number of rotatable bonds is 2. The molecule has 18 heavy (non-hydrogen) atoms. The number of hydrogen-bond donors (Lipinski definition) is 0. The van der Waals surface area contributed by atoms with Crippen LogP contribution in [0.3, 0.4) is 0 Å². The largest absolute Gasteiger partial charge is 0.333 e. The summed E-state index contributed by atoms with van der Waals surface area (Å²) in [5.74, 6) is 0. The first-order valence-corrected chi connectivity index (χ1v) is 7.24. The maximum absolute atomic E-state index is 12.4. The number of benzene rings is 1. The van der Waals surface area contributed by atoms with Crippen LogP contribution in [0.2, 0.25) is 0 Å². The molecule has 1 heterocycles. The van der Waals surface area contributed by atoms with Crippen LogP contribution in [-0.2, 0) is 9.84 Å².